The molecule has 3 N–H and O–H groups in total. The summed E-state index contributed by atoms with van der Waals surface area (Å²) in [4.78, 5) is 8.05. The van der Waals surface area contributed by atoms with Crippen LogP contribution in [0.25, 0.3) is 0 Å². The maximum absolute atomic E-state index is 8.92. The molecular formula is C10H17N3O2S. The summed E-state index contributed by atoms with van der Waals surface area (Å²) in [5.41, 5.74) is 6.34. The summed E-state index contributed by atoms with van der Waals surface area (Å²) in [5, 5.41) is 9.63. The number of aliphatic hydroxyl groups is 1. The lowest BCUT2D eigenvalue weighted by molar-refractivity contribution is 0.250. The minimum Gasteiger partial charge on any atom is -0.476 e. The third-order valence-electron chi connectivity index (χ3n) is 1.91. The van der Waals surface area contributed by atoms with Crippen molar-refractivity contribution in [3.05, 3.63) is 6.33 Å². The van der Waals surface area contributed by atoms with E-state index in [2.05, 4.69) is 9.97 Å². The summed E-state index contributed by atoms with van der Waals surface area (Å²) < 4.78 is 5.27. The summed E-state index contributed by atoms with van der Waals surface area (Å²) in [7, 11) is 0. The molecule has 1 aromatic rings. The van der Waals surface area contributed by atoms with Gasteiger partial charge in [0.15, 0.2) is 0 Å². The van der Waals surface area contributed by atoms with Gasteiger partial charge in [-0.25, -0.2) is 4.98 Å². The van der Waals surface area contributed by atoms with Crippen LogP contribution in [0.2, 0.25) is 0 Å². The van der Waals surface area contributed by atoms with Gasteiger partial charge in [0.2, 0.25) is 5.88 Å². The van der Waals surface area contributed by atoms with Crippen molar-refractivity contribution in [3.8, 4) is 5.88 Å². The van der Waals surface area contributed by atoms with E-state index >= 15 is 0 Å². The van der Waals surface area contributed by atoms with Gasteiger partial charge in [0.05, 0.1) is 6.61 Å². The van der Waals surface area contributed by atoms with Gasteiger partial charge >= 0.3 is 0 Å². The Morgan fingerprint density at radius 1 is 1.56 bits per heavy atom. The number of aliphatic hydroxyl groups excluding tert-OH is 1. The van der Waals surface area contributed by atoms with Crippen molar-refractivity contribution in [2.45, 2.75) is 18.9 Å². The van der Waals surface area contributed by atoms with Gasteiger partial charge in [-0.2, -0.15) is 4.98 Å². The van der Waals surface area contributed by atoms with Crippen LogP contribution in [0.5, 0.6) is 5.88 Å². The molecule has 0 saturated carbocycles. The van der Waals surface area contributed by atoms with Gasteiger partial charge in [0, 0.05) is 12.4 Å². The SMILES string of the molecule is CCOc1ncnc(SCC(C)CO)c1N. The average molecular weight is 243 g/mol. The first-order chi connectivity index (χ1) is 7.69. The van der Waals surface area contributed by atoms with Crippen LogP contribution in [0.4, 0.5) is 5.69 Å². The van der Waals surface area contributed by atoms with Crippen molar-refractivity contribution >= 4 is 17.4 Å². The van der Waals surface area contributed by atoms with Crippen molar-refractivity contribution in [1.29, 1.82) is 0 Å². The summed E-state index contributed by atoms with van der Waals surface area (Å²) in [6.07, 6.45) is 1.44. The van der Waals surface area contributed by atoms with Gasteiger partial charge < -0.3 is 15.6 Å². The Labute approximate surface area is 99.4 Å². The van der Waals surface area contributed by atoms with Gasteiger partial charge in [-0.05, 0) is 12.8 Å². The van der Waals surface area contributed by atoms with E-state index in [9.17, 15) is 0 Å². The molecule has 0 spiro atoms. The number of aromatic nitrogens is 2. The van der Waals surface area contributed by atoms with Crippen molar-refractivity contribution in [2.75, 3.05) is 24.7 Å². The van der Waals surface area contributed by atoms with Crippen LogP contribution in [0.1, 0.15) is 13.8 Å². The molecule has 1 atom stereocenters. The molecule has 0 aliphatic heterocycles. The van der Waals surface area contributed by atoms with E-state index in [-0.39, 0.29) is 12.5 Å². The fourth-order valence-electron chi connectivity index (χ4n) is 1.00. The molecule has 0 amide bonds. The second kappa shape index (κ2) is 6.55. The van der Waals surface area contributed by atoms with Crippen molar-refractivity contribution in [1.82, 2.24) is 9.97 Å². The molecule has 0 aliphatic carbocycles. The molecule has 0 aromatic carbocycles. The second-order valence-corrected chi connectivity index (χ2v) is 4.44. The number of nitrogen functional groups attached to an aromatic ring is 1. The Balaban J connectivity index is 2.69. The highest BCUT2D eigenvalue weighted by atomic mass is 32.2. The Kier molecular flexibility index (Phi) is 5.34. The van der Waals surface area contributed by atoms with Crippen LogP contribution in [0.3, 0.4) is 0 Å². The lowest BCUT2D eigenvalue weighted by atomic mass is 10.2. The predicted octanol–water partition coefficient (Wildman–Crippen LogP) is 1.18. The third-order valence-corrected chi connectivity index (χ3v) is 3.24. The van der Waals surface area contributed by atoms with Gasteiger partial charge in [-0.15, -0.1) is 11.8 Å². The van der Waals surface area contributed by atoms with Crippen molar-refractivity contribution < 1.29 is 9.84 Å². The first-order valence-corrected chi connectivity index (χ1v) is 6.14. The van der Waals surface area contributed by atoms with E-state index in [0.717, 1.165) is 5.75 Å². The summed E-state index contributed by atoms with van der Waals surface area (Å²) in [6.45, 7) is 4.53. The molecule has 0 aliphatic rings. The standard InChI is InChI=1S/C10H17N3O2S/c1-3-15-9-8(11)10(13-6-12-9)16-5-7(2)4-14/h6-7,14H,3-5,11H2,1-2H3. The number of nitrogens with zero attached hydrogens (tertiary/aromatic N) is 2. The fourth-order valence-corrected chi connectivity index (χ4v) is 1.92. The number of hydrogen-bond acceptors (Lipinski definition) is 6. The number of ether oxygens (including phenoxy) is 1. The van der Waals surface area contributed by atoms with E-state index < -0.39 is 0 Å². The van der Waals surface area contributed by atoms with E-state index in [4.69, 9.17) is 15.6 Å². The zero-order valence-corrected chi connectivity index (χ0v) is 10.3. The first-order valence-electron chi connectivity index (χ1n) is 5.16. The van der Waals surface area contributed by atoms with Crippen LogP contribution in [0.15, 0.2) is 11.4 Å². The summed E-state index contributed by atoms with van der Waals surface area (Å²) >= 11 is 1.50. The minimum absolute atomic E-state index is 0.163. The van der Waals surface area contributed by atoms with Crippen LogP contribution < -0.4 is 10.5 Å². The van der Waals surface area contributed by atoms with Gasteiger partial charge in [0.25, 0.3) is 0 Å². The molecule has 1 heterocycles. The van der Waals surface area contributed by atoms with E-state index in [1.165, 1.54) is 18.1 Å². The summed E-state index contributed by atoms with van der Waals surface area (Å²) in [6, 6.07) is 0. The topological polar surface area (TPSA) is 81.3 Å². The highest BCUT2D eigenvalue weighted by Gasteiger charge is 2.10. The quantitative estimate of drug-likeness (QED) is 0.577. The maximum atomic E-state index is 8.92. The normalized spacial score (nSPS) is 12.4. The lowest BCUT2D eigenvalue weighted by Crippen LogP contribution is -2.06. The Hall–Kier alpha value is -1.01. The average Bonchev–Trinajstić information content (AvgIpc) is 2.30. The van der Waals surface area contributed by atoms with Crippen LogP contribution in [-0.2, 0) is 0 Å². The molecule has 90 valence electrons. The zero-order valence-electron chi connectivity index (χ0n) is 9.51. The molecule has 0 radical (unpaired) electrons. The molecule has 1 rings (SSSR count). The van der Waals surface area contributed by atoms with Crippen LogP contribution >= 0.6 is 11.8 Å². The smallest absolute Gasteiger partial charge is 0.241 e. The lowest BCUT2D eigenvalue weighted by Gasteiger charge is -2.10. The van der Waals surface area contributed by atoms with Gasteiger partial charge in [-0.1, -0.05) is 6.92 Å². The van der Waals surface area contributed by atoms with Crippen molar-refractivity contribution in [3.63, 3.8) is 0 Å². The Bertz CT molecular complexity index is 336. The number of nitrogens with two attached hydrogens (primary N) is 1. The second-order valence-electron chi connectivity index (χ2n) is 3.43. The maximum Gasteiger partial charge on any atom is 0.241 e. The molecule has 0 bridgehead atoms. The number of anilines is 1. The molecular weight excluding hydrogens is 226 g/mol. The van der Waals surface area contributed by atoms with E-state index in [0.29, 0.717) is 23.2 Å². The third kappa shape index (κ3) is 3.53. The fraction of sp³-hybridized carbons (Fsp3) is 0.600. The monoisotopic (exact) mass is 243 g/mol. The summed E-state index contributed by atoms with van der Waals surface area (Å²) in [5.74, 6) is 1.41. The van der Waals surface area contributed by atoms with Crippen LogP contribution in [0, 0.1) is 5.92 Å². The Morgan fingerprint density at radius 3 is 2.94 bits per heavy atom. The van der Waals surface area contributed by atoms with Crippen molar-refractivity contribution in [2.24, 2.45) is 5.92 Å². The largest absolute Gasteiger partial charge is 0.476 e. The molecule has 1 aromatic heterocycles. The predicted molar refractivity (Wildman–Crippen MR) is 64.6 cm³/mol. The number of rotatable bonds is 6. The molecule has 6 heteroatoms. The molecule has 0 saturated heterocycles. The van der Waals surface area contributed by atoms with E-state index in [1.807, 2.05) is 13.8 Å². The molecule has 5 nitrogen and oxygen atoms in total. The van der Waals surface area contributed by atoms with Gasteiger partial charge in [0.1, 0.15) is 17.0 Å². The number of hydrogen-bond donors (Lipinski definition) is 2. The molecule has 1 unspecified atom stereocenters. The highest BCUT2D eigenvalue weighted by Crippen LogP contribution is 2.29. The highest BCUT2D eigenvalue weighted by molar-refractivity contribution is 7.99. The zero-order chi connectivity index (χ0) is 12.0. The van der Waals surface area contributed by atoms with Crippen LogP contribution in [-0.4, -0.2) is 34.0 Å². The van der Waals surface area contributed by atoms with E-state index in [1.54, 1.807) is 0 Å². The first kappa shape index (κ1) is 13.1. The molecule has 0 fully saturated rings. The van der Waals surface area contributed by atoms with Gasteiger partial charge in [-0.3, -0.25) is 0 Å². The molecule has 16 heavy (non-hydrogen) atoms. The number of thioether (sulfide) groups is 1. The Morgan fingerprint density at radius 2 is 2.31 bits per heavy atom. The minimum atomic E-state index is 0.163.